The summed E-state index contributed by atoms with van der Waals surface area (Å²) in [6.07, 6.45) is 3.01. The van der Waals surface area contributed by atoms with Crippen LogP contribution in [0.3, 0.4) is 0 Å². The van der Waals surface area contributed by atoms with Gasteiger partial charge in [0.15, 0.2) is 11.5 Å². The van der Waals surface area contributed by atoms with Crippen LogP contribution in [0, 0.1) is 0 Å². The minimum Gasteiger partial charge on any atom is -0.454 e. The Balaban J connectivity index is 1.11. The average Bonchev–Trinajstić information content (AvgIpc) is 3.36. The van der Waals surface area contributed by atoms with Gasteiger partial charge in [0.05, 0.1) is 0 Å². The highest BCUT2D eigenvalue weighted by Crippen LogP contribution is 2.32. The predicted octanol–water partition coefficient (Wildman–Crippen LogP) is 2.58. The molecule has 6 nitrogen and oxygen atoms in total. The van der Waals surface area contributed by atoms with Crippen LogP contribution >= 0.6 is 0 Å². The van der Waals surface area contributed by atoms with Gasteiger partial charge in [0.25, 0.3) is 0 Å². The van der Waals surface area contributed by atoms with E-state index in [9.17, 15) is 0 Å². The lowest BCUT2D eigenvalue weighted by Gasteiger charge is -2.36. The van der Waals surface area contributed by atoms with Gasteiger partial charge in [-0.05, 0) is 35.7 Å². The summed E-state index contributed by atoms with van der Waals surface area (Å²) in [6, 6.07) is 14.8. The molecule has 1 aromatic heterocycles. The Labute approximate surface area is 171 Å². The number of hydrogen-bond acceptors (Lipinski definition) is 5. The van der Waals surface area contributed by atoms with Crippen LogP contribution in [0.2, 0.25) is 0 Å². The first kappa shape index (κ1) is 18.5. The van der Waals surface area contributed by atoms with Crippen molar-refractivity contribution in [2.45, 2.75) is 19.0 Å². The number of ether oxygens (including phenoxy) is 2. The van der Waals surface area contributed by atoms with E-state index in [-0.39, 0.29) is 6.04 Å². The molecule has 2 aliphatic rings. The van der Waals surface area contributed by atoms with Crippen molar-refractivity contribution in [2.75, 3.05) is 39.5 Å². The molecule has 29 heavy (non-hydrogen) atoms. The zero-order valence-corrected chi connectivity index (χ0v) is 16.6. The molecule has 1 saturated heterocycles. The van der Waals surface area contributed by atoms with E-state index in [0.29, 0.717) is 6.79 Å². The monoisotopic (exact) mass is 392 g/mol. The summed E-state index contributed by atoms with van der Waals surface area (Å²) in [4.78, 5) is 8.34. The van der Waals surface area contributed by atoms with Crippen LogP contribution < -0.4 is 15.2 Å². The number of nitrogens with zero attached hydrogens (tertiary/aromatic N) is 2. The maximum absolute atomic E-state index is 6.50. The number of hydrogen-bond donors (Lipinski definition) is 2. The molecule has 2 aliphatic heterocycles. The second kappa shape index (κ2) is 8.06. The van der Waals surface area contributed by atoms with Crippen molar-refractivity contribution in [3.05, 3.63) is 59.8 Å². The molecule has 0 radical (unpaired) electrons. The number of para-hydroxylation sites is 1. The van der Waals surface area contributed by atoms with Crippen LogP contribution in [0.25, 0.3) is 10.9 Å². The van der Waals surface area contributed by atoms with Gasteiger partial charge in [-0.1, -0.05) is 24.3 Å². The van der Waals surface area contributed by atoms with Crippen LogP contribution in [0.15, 0.2) is 48.7 Å². The SMILES string of the molecule is N[C@@H](Cc1c[nH]c2ccccc12)CN1CCN(Cc2ccc3c(c2)OCO3)CC1. The molecule has 3 heterocycles. The van der Waals surface area contributed by atoms with Gasteiger partial charge in [-0.25, -0.2) is 0 Å². The number of H-pyrrole nitrogens is 1. The van der Waals surface area contributed by atoms with Crippen LogP contribution in [0.5, 0.6) is 11.5 Å². The van der Waals surface area contributed by atoms with Crippen LogP contribution in [-0.4, -0.2) is 60.3 Å². The second-order valence-corrected chi connectivity index (χ2v) is 8.09. The molecule has 1 fully saturated rings. The fraction of sp³-hybridized carbons (Fsp3) is 0.391. The van der Waals surface area contributed by atoms with Gasteiger partial charge < -0.3 is 20.2 Å². The zero-order chi connectivity index (χ0) is 19.6. The highest BCUT2D eigenvalue weighted by molar-refractivity contribution is 5.83. The number of piperazine rings is 1. The standard InChI is InChI=1S/C23H28N4O2/c24-19(12-18-13-25-21-4-2-1-3-20(18)21)15-27-9-7-26(8-10-27)14-17-5-6-22-23(11-17)29-16-28-22/h1-6,11,13,19,25H,7-10,12,14-16,24H2/t19-/m0/s1. The molecular formula is C23H28N4O2. The molecule has 0 saturated carbocycles. The lowest BCUT2D eigenvalue weighted by atomic mass is 10.0. The highest BCUT2D eigenvalue weighted by Gasteiger charge is 2.20. The molecule has 0 spiro atoms. The van der Waals surface area contributed by atoms with E-state index in [1.165, 1.54) is 22.0 Å². The number of nitrogens with one attached hydrogen (secondary N) is 1. The molecular weight excluding hydrogens is 364 g/mol. The van der Waals surface area contributed by atoms with Gasteiger partial charge in [-0.3, -0.25) is 9.80 Å². The summed E-state index contributed by atoms with van der Waals surface area (Å²) in [7, 11) is 0. The molecule has 1 atom stereocenters. The Morgan fingerprint density at radius 1 is 0.966 bits per heavy atom. The Morgan fingerprint density at radius 3 is 2.66 bits per heavy atom. The van der Waals surface area contributed by atoms with Crippen LogP contribution in [0.1, 0.15) is 11.1 Å². The van der Waals surface area contributed by atoms with Gasteiger partial charge in [0.1, 0.15) is 0 Å². The molecule has 5 rings (SSSR count). The first-order valence-electron chi connectivity index (χ1n) is 10.4. The van der Waals surface area contributed by atoms with E-state index in [0.717, 1.165) is 57.2 Å². The van der Waals surface area contributed by atoms with Crippen molar-refractivity contribution in [2.24, 2.45) is 5.73 Å². The van der Waals surface area contributed by atoms with Crippen molar-refractivity contribution in [3.8, 4) is 11.5 Å². The van der Waals surface area contributed by atoms with Gasteiger partial charge in [0, 0.05) is 62.4 Å². The van der Waals surface area contributed by atoms with Crippen LogP contribution in [-0.2, 0) is 13.0 Å². The molecule has 6 heteroatoms. The minimum atomic E-state index is 0.148. The lowest BCUT2D eigenvalue weighted by molar-refractivity contribution is 0.122. The average molecular weight is 393 g/mol. The lowest BCUT2D eigenvalue weighted by Crippen LogP contribution is -2.49. The molecule has 0 amide bonds. The van der Waals surface area contributed by atoms with Crippen LogP contribution in [0.4, 0.5) is 0 Å². The Kier molecular flexibility index (Phi) is 5.14. The summed E-state index contributed by atoms with van der Waals surface area (Å²) in [5.74, 6) is 1.71. The van der Waals surface area contributed by atoms with Crippen molar-refractivity contribution < 1.29 is 9.47 Å². The molecule has 2 aromatic carbocycles. The van der Waals surface area contributed by atoms with E-state index in [1.807, 2.05) is 6.07 Å². The number of nitrogens with two attached hydrogens (primary N) is 1. The van der Waals surface area contributed by atoms with E-state index >= 15 is 0 Å². The number of benzene rings is 2. The molecule has 0 aliphatic carbocycles. The normalized spacial score (nSPS) is 18.4. The summed E-state index contributed by atoms with van der Waals surface area (Å²) in [6.45, 7) is 6.47. The van der Waals surface area contributed by atoms with Crippen molar-refractivity contribution in [1.29, 1.82) is 0 Å². The Hall–Kier alpha value is -2.54. The third-order valence-corrected chi connectivity index (χ3v) is 5.96. The summed E-state index contributed by atoms with van der Waals surface area (Å²) in [5.41, 5.74) is 10.3. The smallest absolute Gasteiger partial charge is 0.231 e. The first-order valence-corrected chi connectivity index (χ1v) is 10.4. The molecule has 3 N–H and O–H groups in total. The number of aromatic nitrogens is 1. The van der Waals surface area contributed by atoms with E-state index in [1.54, 1.807) is 0 Å². The van der Waals surface area contributed by atoms with Crippen molar-refractivity contribution in [1.82, 2.24) is 14.8 Å². The fourth-order valence-electron chi connectivity index (χ4n) is 4.41. The number of fused-ring (bicyclic) bond motifs is 2. The molecule has 152 valence electrons. The number of rotatable bonds is 6. The first-order chi connectivity index (χ1) is 14.2. The van der Waals surface area contributed by atoms with E-state index in [4.69, 9.17) is 15.2 Å². The van der Waals surface area contributed by atoms with Gasteiger partial charge in [-0.2, -0.15) is 0 Å². The topological polar surface area (TPSA) is 66.8 Å². The predicted molar refractivity (Wildman–Crippen MR) is 114 cm³/mol. The van der Waals surface area contributed by atoms with Gasteiger partial charge >= 0.3 is 0 Å². The third kappa shape index (κ3) is 4.10. The summed E-state index contributed by atoms with van der Waals surface area (Å²) in [5, 5.41) is 1.29. The van der Waals surface area contributed by atoms with E-state index < -0.39 is 0 Å². The Morgan fingerprint density at radius 2 is 1.76 bits per heavy atom. The minimum absolute atomic E-state index is 0.148. The zero-order valence-electron chi connectivity index (χ0n) is 16.6. The Bertz CT molecular complexity index is 978. The van der Waals surface area contributed by atoms with Gasteiger partial charge in [0.2, 0.25) is 6.79 Å². The maximum Gasteiger partial charge on any atom is 0.231 e. The fourth-order valence-corrected chi connectivity index (χ4v) is 4.41. The van der Waals surface area contributed by atoms with Crippen molar-refractivity contribution in [3.63, 3.8) is 0 Å². The maximum atomic E-state index is 6.50. The quantitative estimate of drug-likeness (QED) is 0.675. The summed E-state index contributed by atoms with van der Waals surface area (Å²) < 4.78 is 10.9. The third-order valence-electron chi connectivity index (χ3n) is 5.96. The highest BCUT2D eigenvalue weighted by atomic mass is 16.7. The summed E-state index contributed by atoms with van der Waals surface area (Å²) >= 11 is 0. The van der Waals surface area contributed by atoms with Crippen molar-refractivity contribution >= 4 is 10.9 Å². The molecule has 3 aromatic rings. The largest absolute Gasteiger partial charge is 0.454 e. The molecule has 0 unspecified atom stereocenters. The molecule has 0 bridgehead atoms. The number of aromatic amines is 1. The van der Waals surface area contributed by atoms with Gasteiger partial charge in [-0.15, -0.1) is 0 Å². The second-order valence-electron chi connectivity index (χ2n) is 8.09. The van der Waals surface area contributed by atoms with E-state index in [2.05, 4.69) is 57.4 Å².